The van der Waals surface area contributed by atoms with E-state index in [1.54, 1.807) is 0 Å². The van der Waals surface area contributed by atoms with Gasteiger partial charge in [-0.25, -0.2) is 4.79 Å². The van der Waals surface area contributed by atoms with E-state index in [9.17, 15) is 9.59 Å². The first-order valence-electron chi connectivity index (χ1n) is 7.34. The average molecular weight is 286 g/mol. The van der Waals surface area contributed by atoms with Crippen molar-refractivity contribution in [1.82, 2.24) is 5.32 Å². The Morgan fingerprint density at radius 1 is 1.30 bits per heavy atom. The van der Waals surface area contributed by atoms with Crippen LogP contribution in [0.3, 0.4) is 0 Å². The van der Waals surface area contributed by atoms with Gasteiger partial charge in [-0.1, -0.05) is 34.1 Å². The standard InChI is InChI=1S/C15H30N2O3/c1-6-11(2)13(14(19)20-5)17-12(18)7-8-15(3,4)9-10-16/h11,13H,6-10,16H2,1-5H3,(H,17,18). The number of hydrogen-bond acceptors (Lipinski definition) is 4. The molecule has 20 heavy (non-hydrogen) atoms. The van der Waals surface area contributed by atoms with Crippen LogP contribution in [0.15, 0.2) is 0 Å². The van der Waals surface area contributed by atoms with E-state index in [1.807, 2.05) is 13.8 Å². The predicted octanol–water partition coefficient (Wildman–Crippen LogP) is 1.85. The third kappa shape index (κ3) is 6.89. The second-order valence-electron chi connectivity index (χ2n) is 6.16. The monoisotopic (exact) mass is 286 g/mol. The molecule has 3 N–H and O–H groups in total. The van der Waals surface area contributed by atoms with Crippen LogP contribution < -0.4 is 11.1 Å². The van der Waals surface area contributed by atoms with Crippen molar-refractivity contribution in [2.75, 3.05) is 13.7 Å². The van der Waals surface area contributed by atoms with Gasteiger partial charge in [-0.3, -0.25) is 4.79 Å². The summed E-state index contributed by atoms with van der Waals surface area (Å²) in [4.78, 5) is 23.7. The minimum Gasteiger partial charge on any atom is -0.467 e. The maximum atomic E-state index is 12.0. The molecule has 1 amide bonds. The van der Waals surface area contributed by atoms with E-state index in [0.29, 0.717) is 13.0 Å². The lowest BCUT2D eigenvalue weighted by Gasteiger charge is -2.25. The molecule has 0 aliphatic rings. The smallest absolute Gasteiger partial charge is 0.328 e. The molecule has 0 spiro atoms. The van der Waals surface area contributed by atoms with Gasteiger partial charge in [0.15, 0.2) is 0 Å². The van der Waals surface area contributed by atoms with Crippen molar-refractivity contribution in [1.29, 1.82) is 0 Å². The summed E-state index contributed by atoms with van der Waals surface area (Å²) in [6, 6.07) is -0.560. The van der Waals surface area contributed by atoms with Crippen LogP contribution in [0.2, 0.25) is 0 Å². The highest BCUT2D eigenvalue weighted by atomic mass is 16.5. The molecule has 0 rings (SSSR count). The van der Waals surface area contributed by atoms with Crippen LogP contribution in [-0.2, 0) is 14.3 Å². The highest BCUT2D eigenvalue weighted by Crippen LogP contribution is 2.25. The Labute approximate surface area is 122 Å². The molecule has 2 unspecified atom stereocenters. The fourth-order valence-electron chi connectivity index (χ4n) is 2.01. The van der Waals surface area contributed by atoms with Crippen LogP contribution in [0.5, 0.6) is 0 Å². The number of esters is 1. The summed E-state index contributed by atoms with van der Waals surface area (Å²) < 4.78 is 4.75. The molecule has 0 aromatic rings. The number of carbonyl (C=O) groups excluding carboxylic acids is 2. The Bertz CT molecular complexity index is 316. The number of nitrogens with two attached hydrogens (primary N) is 1. The third-order valence-electron chi connectivity index (χ3n) is 3.83. The average Bonchev–Trinajstić information content (AvgIpc) is 2.41. The molecule has 0 saturated heterocycles. The Kier molecular flexibility index (Phi) is 8.46. The maximum absolute atomic E-state index is 12.0. The fourth-order valence-corrected chi connectivity index (χ4v) is 2.01. The predicted molar refractivity (Wildman–Crippen MR) is 80.1 cm³/mol. The Balaban J connectivity index is 4.44. The van der Waals surface area contributed by atoms with E-state index < -0.39 is 6.04 Å². The van der Waals surface area contributed by atoms with E-state index in [4.69, 9.17) is 10.5 Å². The van der Waals surface area contributed by atoms with Crippen molar-refractivity contribution in [3.05, 3.63) is 0 Å². The number of nitrogens with one attached hydrogen (secondary N) is 1. The first-order valence-corrected chi connectivity index (χ1v) is 7.34. The Morgan fingerprint density at radius 3 is 2.35 bits per heavy atom. The highest BCUT2D eigenvalue weighted by molar-refractivity contribution is 5.84. The molecule has 0 bridgehead atoms. The summed E-state index contributed by atoms with van der Waals surface area (Å²) in [5.74, 6) is -0.428. The zero-order chi connectivity index (χ0) is 15.8. The lowest BCUT2D eigenvalue weighted by Crippen LogP contribution is -2.45. The van der Waals surface area contributed by atoms with E-state index in [2.05, 4.69) is 19.2 Å². The molecule has 2 atom stereocenters. The van der Waals surface area contributed by atoms with Gasteiger partial charge in [0, 0.05) is 6.42 Å². The highest BCUT2D eigenvalue weighted by Gasteiger charge is 2.27. The minimum atomic E-state index is -0.560. The molecule has 0 radical (unpaired) electrons. The van der Waals surface area contributed by atoms with Gasteiger partial charge in [-0.05, 0) is 30.7 Å². The van der Waals surface area contributed by atoms with E-state index in [-0.39, 0.29) is 23.2 Å². The summed E-state index contributed by atoms with van der Waals surface area (Å²) in [5.41, 5.74) is 5.60. The van der Waals surface area contributed by atoms with E-state index in [1.165, 1.54) is 7.11 Å². The lowest BCUT2D eigenvalue weighted by molar-refractivity contribution is -0.146. The molecule has 0 fully saturated rings. The summed E-state index contributed by atoms with van der Waals surface area (Å²) >= 11 is 0. The first kappa shape index (κ1) is 18.9. The number of amides is 1. The summed E-state index contributed by atoms with van der Waals surface area (Å²) in [6.45, 7) is 8.73. The third-order valence-corrected chi connectivity index (χ3v) is 3.83. The number of hydrogen-bond donors (Lipinski definition) is 2. The van der Waals surface area contributed by atoms with Gasteiger partial charge in [0.25, 0.3) is 0 Å². The second kappa shape index (κ2) is 8.95. The number of methoxy groups -OCH3 is 1. The molecule has 0 aromatic carbocycles. The number of carbonyl (C=O) groups is 2. The molecule has 0 aliphatic heterocycles. The van der Waals surface area contributed by atoms with Crippen molar-refractivity contribution < 1.29 is 14.3 Å². The van der Waals surface area contributed by atoms with Crippen LogP contribution in [0.4, 0.5) is 0 Å². The van der Waals surface area contributed by atoms with Gasteiger partial charge in [0.05, 0.1) is 7.11 Å². The number of rotatable bonds is 9. The molecule has 0 aromatic heterocycles. The van der Waals surface area contributed by atoms with Crippen molar-refractivity contribution in [2.24, 2.45) is 17.1 Å². The van der Waals surface area contributed by atoms with Crippen molar-refractivity contribution in [3.63, 3.8) is 0 Å². The van der Waals surface area contributed by atoms with E-state index >= 15 is 0 Å². The zero-order valence-electron chi connectivity index (χ0n) is 13.5. The summed E-state index contributed by atoms with van der Waals surface area (Å²) in [7, 11) is 1.34. The summed E-state index contributed by atoms with van der Waals surface area (Å²) in [5, 5.41) is 2.79. The van der Waals surface area contributed by atoms with Gasteiger partial charge >= 0.3 is 5.97 Å². The Hall–Kier alpha value is -1.10. The minimum absolute atomic E-state index is 0.0449. The van der Waals surface area contributed by atoms with Crippen molar-refractivity contribution in [3.8, 4) is 0 Å². The van der Waals surface area contributed by atoms with Crippen molar-refractivity contribution in [2.45, 2.75) is 59.4 Å². The SMILES string of the molecule is CCC(C)C(NC(=O)CCC(C)(C)CCN)C(=O)OC. The molecular weight excluding hydrogens is 256 g/mol. The number of ether oxygens (including phenoxy) is 1. The molecule has 0 aliphatic carbocycles. The van der Waals surface area contributed by atoms with Crippen LogP contribution in [0.1, 0.15) is 53.4 Å². The largest absolute Gasteiger partial charge is 0.467 e. The molecule has 5 nitrogen and oxygen atoms in total. The van der Waals surface area contributed by atoms with Crippen LogP contribution >= 0.6 is 0 Å². The van der Waals surface area contributed by atoms with Crippen molar-refractivity contribution >= 4 is 11.9 Å². The lowest BCUT2D eigenvalue weighted by atomic mass is 9.84. The molecule has 0 saturated carbocycles. The maximum Gasteiger partial charge on any atom is 0.328 e. The van der Waals surface area contributed by atoms with Gasteiger partial charge in [0.1, 0.15) is 6.04 Å². The van der Waals surface area contributed by atoms with Gasteiger partial charge < -0.3 is 15.8 Å². The van der Waals surface area contributed by atoms with Crippen LogP contribution in [0.25, 0.3) is 0 Å². The molecule has 118 valence electrons. The van der Waals surface area contributed by atoms with Gasteiger partial charge in [-0.15, -0.1) is 0 Å². The Morgan fingerprint density at radius 2 is 1.90 bits per heavy atom. The molecule has 0 heterocycles. The normalized spacial score (nSPS) is 14.5. The topological polar surface area (TPSA) is 81.4 Å². The van der Waals surface area contributed by atoms with E-state index in [0.717, 1.165) is 19.3 Å². The summed E-state index contributed by atoms with van der Waals surface area (Å²) in [6.07, 6.45) is 2.84. The van der Waals surface area contributed by atoms with Crippen LogP contribution in [-0.4, -0.2) is 31.6 Å². The fraction of sp³-hybridized carbons (Fsp3) is 0.867. The van der Waals surface area contributed by atoms with Gasteiger partial charge in [-0.2, -0.15) is 0 Å². The van der Waals surface area contributed by atoms with Crippen LogP contribution in [0, 0.1) is 11.3 Å². The molecule has 5 heteroatoms. The molecular formula is C15H30N2O3. The van der Waals surface area contributed by atoms with Gasteiger partial charge in [0.2, 0.25) is 5.91 Å². The second-order valence-corrected chi connectivity index (χ2v) is 6.16. The first-order chi connectivity index (χ1) is 9.27. The quantitative estimate of drug-likeness (QED) is 0.634. The zero-order valence-corrected chi connectivity index (χ0v) is 13.5.